The molecule has 17 heavy (non-hydrogen) atoms. The Hall–Kier alpha value is -1.96. The van der Waals surface area contributed by atoms with Crippen LogP contribution in [-0.4, -0.2) is 9.97 Å². The van der Waals surface area contributed by atoms with Gasteiger partial charge in [0.15, 0.2) is 0 Å². The molecule has 2 nitrogen and oxygen atoms in total. The van der Waals surface area contributed by atoms with Crippen LogP contribution in [0.25, 0.3) is 21.9 Å². The van der Waals surface area contributed by atoms with Gasteiger partial charge in [0.2, 0.25) is 0 Å². The van der Waals surface area contributed by atoms with Crippen LogP contribution < -0.4 is 0 Å². The highest BCUT2D eigenvalue weighted by Gasteiger charge is 2.04. The van der Waals surface area contributed by atoms with Crippen LogP contribution in [0, 0.1) is 6.92 Å². The van der Waals surface area contributed by atoms with E-state index in [1.165, 1.54) is 5.56 Å². The zero-order valence-electron chi connectivity index (χ0n) is 10.1. The maximum atomic E-state index is 4.68. The molecule has 0 saturated heterocycles. The van der Waals surface area contributed by atoms with Gasteiger partial charge in [-0.2, -0.15) is 0 Å². The third-order valence-corrected chi connectivity index (χ3v) is 3.13. The van der Waals surface area contributed by atoms with Crippen LogP contribution in [0.5, 0.6) is 0 Å². The molecule has 3 rings (SSSR count). The molecule has 2 heteroatoms. The van der Waals surface area contributed by atoms with Gasteiger partial charge >= 0.3 is 0 Å². The number of fused-ring (bicyclic) bond motifs is 2. The number of para-hydroxylation sites is 1. The lowest BCUT2D eigenvalue weighted by Gasteiger charge is -2.06. The van der Waals surface area contributed by atoms with Crippen LogP contribution in [0.2, 0.25) is 0 Å². The van der Waals surface area contributed by atoms with E-state index in [1.54, 1.807) is 0 Å². The number of aromatic nitrogens is 2. The van der Waals surface area contributed by atoms with Gasteiger partial charge in [-0.15, -0.1) is 0 Å². The van der Waals surface area contributed by atoms with Crippen molar-refractivity contribution in [3.63, 3.8) is 0 Å². The fraction of sp³-hybridized carbons (Fsp3) is 0.200. The van der Waals surface area contributed by atoms with Crippen LogP contribution >= 0.6 is 0 Å². The van der Waals surface area contributed by atoms with Gasteiger partial charge in [-0.25, -0.2) is 4.98 Å². The van der Waals surface area contributed by atoms with Crippen LogP contribution in [0.3, 0.4) is 0 Å². The molecule has 0 amide bonds. The maximum absolute atomic E-state index is 4.68. The van der Waals surface area contributed by atoms with E-state index in [0.717, 1.165) is 34.1 Å². The molecule has 0 radical (unpaired) electrons. The molecule has 0 unspecified atom stereocenters. The standard InChI is InChI=1S/C15H14N2/c1-3-12-10(2)8-14-15(16-12)9-11-6-4-5-7-13(11)17-14/h4-9H,3H2,1-2H3. The Morgan fingerprint density at radius 2 is 1.71 bits per heavy atom. The van der Waals surface area contributed by atoms with E-state index in [2.05, 4.69) is 42.0 Å². The van der Waals surface area contributed by atoms with Crippen molar-refractivity contribution in [3.05, 3.63) is 47.7 Å². The number of nitrogens with zero attached hydrogens (tertiary/aromatic N) is 2. The number of benzene rings is 1. The van der Waals surface area contributed by atoms with Gasteiger partial charge in [0.1, 0.15) is 0 Å². The van der Waals surface area contributed by atoms with Crippen molar-refractivity contribution in [2.75, 3.05) is 0 Å². The van der Waals surface area contributed by atoms with Crippen molar-refractivity contribution in [2.45, 2.75) is 20.3 Å². The highest BCUT2D eigenvalue weighted by Crippen LogP contribution is 2.20. The van der Waals surface area contributed by atoms with Crippen LogP contribution in [0.15, 0.2) is 36.4 Å². The summed E-state index contributed by atoms with van der Waals surface area (Å²) in [4.78, 5) is 9.33. The van der Waals surface area contributed by atoms with Gasteiger partial charge in [0, 0.05) is 11.1 Å². The Labute approximate surface area is 100 Å². The molecule has 0 fully saturated rings. The minimum absolute atomic E-state index is 0.967. The van der Waals surface area contributed by atoms with Crippen LogP contribution in [0.4, 0.5) is 0 Å². The molecule has 0 N–H and O–H groups in total. The van der Waals surface area contributed by atoms with E-state index in [0.29, 0.717) is 0 Å². The fourth-order valence-corrected chi connectivity index (χ4v) is 2.20. The predicted octanol–water partition coefficient (Wildman–Crippen LogP) is 3.65. The molecule has 0 aliphatic heterocycles. The smallest absolute Gasteiger partial charge is 0.0897 e. The fourth-order valence-electron chi connectivity index (χ4n) is 2.20. The van der Waals surface area contributed by atoms with E-state index in [4.69, 9.17) is 0 Å². The van der Waals surface area contributed by atoms with E-state index < -0.39 is 0 Å². The lowest BCUT2D eigenvalue weighted by Crippen LogP contribution is -1.94. The van der Waals surface area contributed by atoms with Gasteiger partial charge in [-0.3, -0.25) is 4.98 Å². The molecular weight excluding hydrogens is 208 g/mol. The first-order chi connectivity index (χ1) is 8.28. The van der Waals surface area contributed by atoms with Gasteiger partial charge in [0.05, 0.1) is 16.6 Å². The highest BCUT2D eigenvalue weighted by atomic mass is 14.8. The van der Waals surface area contributed by atoms with Crippen molar-refractivity contribution in [1.29, 1.82) is 0 Å². The molecule has 3 aromatic rings. The highest BCUT2D eigenvalue weighted by molar-refractivity contribution is 5.90. The number of hydrogen-bond donors (Lipinski definition) is 0. The Bertz CT molecular complexity index is 702. The zero-order valence-corrected chi connectivity index (χ0v) is 10.1. The quantitative estimate of drug-likeness (QED) is 0.587. The number of hydrogen-bond acceptors (Lipinski definition) is 2. The minimum Gasteiger partial charge on any atom is -0.251 e. The molecule has 0 aliphatic carbocycles. The third-order valence-electron chi connectivity index (χ3n) is 3.13. The molecule has 0 aliphatic rings. The summed E-state index contributed by atoms with van der Waals surface area (Å²) in [5, 5.41) is 1.15. The lowest BCUT2D eigenvalue weighted by molar-refractivity contribution is 1.03. The summed E-state index contributed by atoms with van der Waals surface area (Å²) in [5.41, 5.74) is 5.40. The SMILES string of the molecule is CCc1nc2cc3ccccc3nc2cc1C. The van der Waals surface area contributed by atoms with Crippen molar-refractivity contribution >= 4 is 21.9 Å². The molecule has 1 aromatic carbocycles. The summed E-state index contributed by atoms with van der Waals surface area (Å²) < 4.78 is 0. The number of pyridine rings is 2. The summed E-state index contributed by atoms with van der Waals surface area (Å²) in [7, 11) is 0. The topological polar surface area (TPSA) is 25.8 Å². The van der Waals surface area contributed by atoms with E-state index in [-0.39, 0.29) is 0 Å². The first-order valence-electron chi connectivity index (χ1n) is 5.94. The van der Waals surface area contributed by atoms with Crippen molar-refractivity contribution in [2.24, 2.45) is 0 Å². The number of aryl methyl sites for hydroxylation is 2. The second kappa shape index (κ2) is 3.81. The monoisotopic (exact) mass is 222 g/mol. The van der Waals surface area contributed by atoms with Crippen LogP contribution in [0.1, 0.15) is 18.2 Å². The second-order valence-electron chi connectivity index (χ2n) is 4.32. The lowest BCUT2D eigenvalue weighted by atomic mass is 10.1. The van der Waals surface area contributed by atoms with Gasteiger partial charge in [-0.1, -0.05) is 25.1 Å². The number of rotatable bonds is 1. The maximum Gasteiger partial charge on any atom is 0.0897 e. The summed E-state index contributed by atoms with van der Waals surface area (Å²) in [6.07, 6.45) is 0.967. The molecule has 2 aromatic heterocycles. The van der Waals surface area contributed by atoms with Gasteiger partial charge in [-0.05, 0) is 37.1 Å². The molecule has 0 bridgehead atoms. The van der Waals surface area contributed by atoms with E-state index in [1.807, 2.05) is 18.2 Å². The Kier molecular flexibility index (Phi) is 2.29. The Balaban J connectivity index is 2.40. The average Bonchev–Trinajstić information content (AvgIpc) is 2.35. The van der Waals surface area contributed by atoms with Crippen molar-refractivity contribution < 1.29 is 0 Å². The van der Waals surface area contributed by atoms with Crippen molar-refractivity contribution in [1.82, 2.24) is 9.97 Å². The third kappa shape index (κ3) is 1.66. The van der Waals surface area contributed by atoms with Crippen LogP contribution in [-0.2, 0) is 6.42 Å². The normalized spacial score (nSPS) is 11.2. The van der Waals surface area contributed by atoms with E-state index in [9.17, 15) is 0 Å². The largest absolute Gasteiger partial charge is 0.251 e. The summed E-state index contributed by atoms with van der Waals surface area (Å²) in [5.74, 6) is 0. The Morgan fingerprint density at radius 3 is 2.53 bits per heavy atom. The summed E-state index contributed by atoms with van der Waals surface area (Å²) in [6, 6.07) is 12.4. The molecule has 0 atom stereocenters. The zero-order chi connectivity index (χ0) is 11.8. The summed E-state index contributed by atoms with van der Waals surface area (Å²) in [6.45, 7) is 4.23. The van der Waals surface area contributed by atoms with E-state index >= 15 is 0 Å². The van der Waals surface area contributed by atoms with Crippen molar-refractivity contribution in [3.8, 4) is 0 Å². The molecule has 84 valence electrons. The average molecular weight is 222 g/mol. The molecule has 0 spiro atoms. The first kappa shape index (κ1) is 10.2. The summed E-state index contributed by atoms with van der Waals surface area (Å²) >= 11 is 0. The van der Waals surface area contributed by atoms with Gasteiger partial charge < -0.3 is 0 Å². The molecular formula is C15H14N2. The molecule has 0 saturated carbocycles. The molecule has 2 heterocycles. The first-order valence-corrected chi connectivity index (χ1v) is 5.94. The predicted molar refractivity (Wildman–Crippen MR) is 71.2 cm³/mol. The second-order valence-corrected chi connectivity index (χ2v) is 4.32. The minimum atomic E-state index is 0.967. The van der Waals surface area contributed by atoms with Gasteiger partial charge in [0.25, 0.3) is 0 Å². The Morgan fingerprint density at radius 1 is 0.941 bits per heavy atom.